The van der Waals surface area contributed by atoms with Crippen LogP contribution in [0.2, 0.25) is 0 Å². The van der Waals surface area contributed by atoms with Crippen molar-refractivity contribution in [2.45, 2.75) is 50.2 Å². The van der Waals surface area contributed by atoms with E-state index in [2.05, 4.69) is 27.9 Å². The molecular weight excluding hydrogens is 692 g/mol. The van der Waals surface area contributed by atoms with E-state index < -0.39 is 40.2 Å². The van der Waals surface area contributed by atoms with Crippen LogP contribution in [0.15, 0.2) is 114 Å². The largest absolute Gasteiger partial charge is 0.352 e. The number of carbonyl (C=O) groups excluding carboxylic acids is 2. The molecule has 2 atom stereocenters. The number of anilines is 1. The molecule has 0 aromatic heterocycles. The summed E-state index contributed by atoms with van der Waals surface area (Å²) in [6, 6.07) is 28.7. The standard InChI is InChI=1S/C34H35FIN3O4S/c1-3-25(2)37-34(41)32(22-26-12-6-4-7-13-26)38(23-27-14-10-11-17-31(27)35)33(40)24-39(29-20-18-28(36)19-21-29)44(42,43)30-15-8-5-9-16-30/h4-21,25,32H,3,22-24H2,1-2H3,(H,37,41). The molecule has 10 heteroatoms. The van der Waals surface area contributed by atoms with Crippen LogP contribution in [0.25, 0.3) is 0 Å². The molecule has 2 unspecified atom stereocenters. The summed E-state index contributed by atoms with van der Waals surface area (Å²) in [5, 5.41) is 2.97. The third-order valence-corrected chi connectivity index (χ3v) is 9.80. The van der Waals surface area contributed by atoms with Gasteiger partial charge in [0.2, 0.25) is 11.8 Å². The molecule has 0 aliphatic rings. The van der Waals surface area contributed by atoms with Gasteiger partial charge in [0.1, 0.15) is 18.4 Å². The summed E-state index contributed by atoms with van der Waals surface area (Å²) in [4.78, 5) is 29.5. The van der Waals surface area contributed by atoms with E-state index >= 15 is 0 Å². The summed E-state index contributed by atoms with van der Waals surface area (Å²) < 4.78 is 44.9. The molecule has 0 bridgehead atoms. The van der Waals surface area contributed by atoms with Gasteiger partial charge in [-0.3, -0.25) is 13.9 Å². The fourth-order valence-electron chi connectivity index (χ4n) is 4.66. The minimum Gasteiger partial charge on any atom is -0.352 e. The molecule has 4 rings (SSSR count). The number of nitrogens with one attached hydrogen (secondary N) is 1. The number of hydrogen-bond acceptors (Lipinski definition) is 4. The second-order valence-corrected chi connectivity index (χ2v) is 13.5. The molecule has 2 amide bonds. The molecule has 0 radical (unpaired) electrons. The van der Waals surface area contributed by atoms with Gasteiger partial charge in [0, 0.05) is 28.1 Å². The first-order valence-corrected chi connectivity index (χ1v) is 16.8. The third kappa shape index (κ3) is 8.44. The number of hydrogen-bond donors (Lipinski definition) is 1. The van der Waals surface area contributed by atoms with Crippen LogP contribution in [0.3, 0.4) is 0 Å². The zero-order chi connectivity index (χ0) is 31.7. The van der Waals surface area contributed by atoms with Gasteiger partial charge in [-0.1, -0.05) is 73.7 Å². The average molecular weight is 728 g/mol. The number of carbonyl (C=O) groups is 2. The van der Waals surface area contributed by atoms with Crippen molar-refractivity contribution in [1.29, 1.82) is 0 Å². The highest BCUT2D eigenvalue weighted by Crippen LogP contribution is 2.26. The lowest BCUT2D eigenvalue weighted by molar-refractivity contribution is -0.140. The molecule has 0 aliphatic carbocycles. The molecular formula is C34H35FIN3O4S. The van der Waals surface area contributed by atoms with Crippen LogP contribution in [0.4, 0.5) is 10.1 Å². The lowest BCUT2D eigenvalue weighted by Crippen LogP contribution is -2.54. The molecule has 0 saturated heterocycles. The predicted octanol–water partition coefficient (Wildman–Crippen LogP) is 6.18. The first-order chi connectivity index (χ1) is 21.1. The Bertz CT molecular complexity index is 1660. The van der Waals surface area contributed by atoms with Crippen LogP contribution >= 0.6 is 22.6 Å². The van der Waals surface area contributed by atoms with E-state index in [9.17, 15) is 22.4 Å². The van der Waals surface area contributed by atoms with E-state index in [1.807, 2.05) is 44.2 Å². The number of rotatable bonds is 13. The van der Waals surface area contributed by atoms with Gasteiger partial charge in [-0.25, -0.2) is 12.8 Å². The maximum absolute atomic E-state index is 15.0. The Balaban J connectivity index is 1.80. The van der Waals surface area contributed by atoms with Gasteiger partial charge >= 0.3 is 0 Å². The lowest BCUT2D eigenvalue weighted by Gasteiger charge is -2.34. The molecule has 0 aliphatic heterocycles. The lowest BCUT2D eigenvalue weighted by atomic mass is 10.0. The predicted molar refractivity (Wildman–Crippen MR) is 179 cm³/mol. The first kappa shape index (κ1) is 33.1. The van der Waals surface area contributed by atoms with Crippen molar-refractivity contribution in [2.24, 2.45) is 0 Å². The van der Waals surface area contributed by atoms with E-state index in [4.69, 9.17) is 0 Å². The highest BCUT2D eigenvalue weighted by atomic mass is 127. The highest BCUT2D eigenvalue weighted by molar-refractivity contribution is 14.1. The van der Waals surface area contributed by atoms with Crippen LogP contribution < -0.4 is 9.62 Å². The van der Waals surface area contributed by atoms with Crippen molar-refractivity contribution in [3.05, 3.63) is 130 Å². The summed E-state index contributed by atoms with van der Waals surface area (Å²) in [5.41, 5.74) is 1.30. The summed E-state index contributed by atoms with van der Waals surface area (Å²) in [5.74, 6) is -1.58. The Morgan fingerprint density at radius 1 is 0.864 bits per heavy atom. The van der Waals surface area contributed by atoms with Crippen LogP contribution in [0.1, 0.15) is 31.4 Å². The van der Waals surface area contributed by atoms with Gasteiger partial charge in [0.05, 0.1) is 10.6 Å². The van der Waals surface area contributed by atoms with E-state index in [1.54, 1.807) is 60.7 Å². The van der Waals surface area contributed by atoms with Crippen molar-refractivity contribution >= 4 is 50.1 Å². The van der Waals surface area contributed by atoms with Crippen LogP contribution in [0, 0.1) is 9.39 Å². The van der Waals surface area contributed by atoms with E-state index in [-0.39, 0.29) is 35.2 Å². The first-order valence-electron chi connectivity index (χ1n) is 14.3. The summed E-state index contributed by atoms with van der Waals surface area (Å²) in [7, 11) is -4.20. The van der Waals surface area contributed by atoms with Crippen LogP contribution in [-0.4, -0.2) is 43.8 Å². The molecule has 4 aromatic carbocycles. The molecule has 230 valence electrons. The third-order valence-electron chi connectivity index (χ3n) is 7.30. The van der Waals surface area contributed by atoms with Gasteiger partial charge < -0.3 is 10.2 Å². The fourth-order valence-corrected chi connectivity index (χ4v) is 6.46. The summed E-state index contributed by atoms with van der Waals surface area (Å²) in [6.07, 6.45) is 0.819. The molecule has 44 heavy (non-hydrogen) atoms. The molecule has 0 spiro atoms. The van der Waals surface area contributed by atoms with Crippen LogP contribution in [0.5, 0.6) is 0 Å². The zero-order valence-corrected chi connectivity index (χ0v) is 27.5. The molecule has 4 aromatic rings. The van der Waals surface area contributed by atoms with Crippen molar-refractivity contribution in [1.82, 2.24) is 10.2 Å². The van der Waals surface area contributed by atoms with Gasteiger partial charge in [0.25, 0.3) is 10.0 Å². The second-order valence-electron chi connectivity index (χ2n) is 10.4. The SMILES string of the molecule is CCC(C)NC(=O)C(Cc1ccccc1)N(Cc1ccccc1F)C(=O)CN(c1ccc(I)cc1)S(=O)(=O)c1ccccc1. The minimum absolute atomic E-state index is 0.0161. The molecule has 0 fully saturated rings. The smallest absolute Gasteiger partial charge is 0.264 e. The van der Waals surface area contributed by atoms with Gasteiger partial charge in [-0.05, 0) is 84.0 Å². The second kappa shape index (κ2) is 15.3. The fraction of sp³-hybridized carbons (Fsp3) is 0.235. The summed E-state index contributed by atoms with van der Waals surface area (Å²) in [6.45, 7) is 2.97. The Labute approximate surface area is 272 Å². The topological polar surface area (TPSA) is 86.8 Å². The Morgan fingerprint density at radius 3 is 2.07 bits per heavy atom. The average Bonchev–Trinajstić information content (AvgIpc) is 3.03. The summed E-state index contributed by atoms with van der Waals surface area (Å²) >= 11 is 2.12. The van der Waals surface area contributed by atoms with E-state index in [0.717, 1.165) is 13.4 Å². The maximum Gasteiger partial charge on any atom is 0.264 e. The van der Waals surface area contributed by atoms with Crippen molar-refractivity contribution in [3.63, 3.8) is 0 Å². The number of benzene rings is 4. The van der Waals surface area contributed by atoms with Crippen molar-refractivity contribution in [3.8, 4) is 0 Å². The van der Waals surface area contributed by atoms with Crippen LogP contribution in [-0.2, 0) is 32.6 Å². The molecule has 1 N–H and O–H groups in total. The Hall–Kier alpha value is -3.77. The quantitative estimate of drug-likeness (QED) is 0.167. The van der Waals surface area contributed by atoms with Gasteiger partial charge in [-0.15, -0.1) is 0 Å². The van der Waals surface area contributed by atoms with Crippen molar-refractivity contribution in [2.75, 3.05) is 10.8 Å². The number of nitrogens with zero attached hydrogens (tertiary/aromatic N) is 2. The normalized spacial score (nSPS) is 12.6. The minimum atomic E-state index is -4.20. The Kier molecular flexibility index (Phi) is 11.5. The maximum atomic E-state index is 15.0. The van der Waals surface area contributed by atoms with Gasteiger partial charge in [0.15, 0.2) is 0 Å². The van der Waals surface area contributed by atoms with E-state index in [1.165, 1.54) is 23.1 Å². The Morgan fingerprint density at radius 2 is 1.45 bits per heavy atom. The zero-order valence-electron chi connectivity index (χ0n) is 24.6. The molecule has 7 nitrogen and oxygen atoms in total. The number of amides is 2. The van der Waals surface area contributed by atoms with E-state index in [0.29, 0.717) is 6.42 Å². The van der Waals surface area contributed by atoms with Crippen molar-refractivity contribution < 1.29 is 22.4 Å². The van der Waals surface area contributed by atoms with Gasteiger partial charge in [-0.2, -0.15) is 0 Å². The molecule has 0 saturated carbocycles. The highest BCUT2D eigenvalue weighted by Gasteiger charge is 2.35. The monoisotopic (exact) mass is 727 g/mol. The number of halogens is 2. The molecule has 0 heterocycles. The number of sulfonamides is 1.